The molecule has 0 fully saturated rings. The minimum Gasteiger partial charge on any atom is -0.456 e. The summed E-state index contributed by atoms with van der Waals surface area (Å²) in [7, 11) is 0. The summed E-state index contributed by atoms with van der Waals surface area (Å²) in [5, 5.41) is 2.28. The van der Waals surface area contributed by atoms with Crippen molar-refractivity contribution in [3.8, 4) is 0 Å². The molecule has 4 aromatic rings. The quantitative estimate of drug-likeness (QED) is 0.586. The summed E-state index contributed by atoms with van der Waals surface area (Å²) < 4.78 is 5.86. The standard InChI is InChI=1S/C20H17NO/c21-18(12-14-6-2-1-3-7-14)15-10-11-20-17(13-15)16-8-4-5-9-19(16)22-20/h1-11,13,18H,12,21H2/t18-/m1/s1. The Labute approximate surface area is 129 Å². The van der Waals surface area contributed by atoms with Gasteiger partial charge in [0.15, 0.2) is 0 Å². The predicted molar refractivity (Wildman–Crippen MR) is 90.8 cm³/mol. The van der Waals surface area contributed by atoms with Gasteiger partial charge in [-0.3, -0.25) is 0 Å². The summed E-state index contributed by atoms with van der Waals surface area (Å²) in [4.78, 5) is 0. The third kappa shape index (κ3) is 2.28. The van der Waals surface area contributed by atoms with Gasteiger partial charge in [-0.1, -0.05) is 54.6 Å². The van der Waals surface area contributed by atoms with Crippen LogP contribution < -0.4 is 5.73 Å². The summed E-state index contributed by atoms with van der Waals surface area (Å²) in [5.41, 5.74) is 10.6. The highest BCUT2D eigenvalue weighted by Gasteiger charge is 2.11. The summed E-state index contributed by atoms with van der Waals surface area (Å²) in [5.74, 6) is 0. The van der Waals surface area contributed by atoms with Crippen molar-refractivity contribution in [1.82, 2.24) is 0 Å². The first-order chi connectivity index (χ1) is 10.8. The summed E-state index contributed by atoms with van der Waals surface area (Å²) in [6.07, 6.45) is 0.835. The maximum Gasteiger partial charge on any atom is 0.135 e. The summed E-state index contributed by atoms with van der Waals surface area (Å²) in [6.45, 7) is 0. The topological polar surface area (TPSA) is 39.2 Å². The van der Waals surface area contributed by atoms with Crippen LogP contribution in [0.2, 0.25) is 0 Å². The van der Waals surface area contributed by atoms with E-state index in [1.165, 1.54) is 5.56 Å². The number of benzene rings is 3. The van der Waals surface area contributed by atoms with Crippen molar-refractivity contribution in [2.45, 2.75) is 12.5 Å². The van der Waals surface area contributed by atoms with Gasteiger partial charge in [0.2, 0.25) is 0 Å². The van der Waals surface area contributed by atoms with Crippen LogP contribution in [0.1, 0.15) is 17.2 Å². The Morgan fingerprint density at radius 3 is 2.36 bits per heavy atom. The molecule has 3 aromatic carbocycles. The zero-order chi connectivity index (χ0) is 14.9. The maximum atomic E-state index is 6.40. The van der Waals surface area contributed by atoms with Crippen molar-refractivity contribution in [3.63, 3.8) is 0 Å². The van der Waals surface area contributed by atoms with E-state index in [0.29, 0.717) is 0 Å². The third-order valence-corrected chi connectivity index (χ3v) is 4.13. The summed E-state index contributed by atoms with van der Waals surface area (Å²) in [6, 6.07) is 24.7. The van der Waals surface area contributed by atoms with E-state index in [0.717, 1.165) is 33.9 Å². The zero-order valence-electron chi connectivity index (χ0n) is 12.2. The van der Waals surface area contributed by atoms with Crippen LogP contribution in [-0.2, 0) is 6.42 Å². The molecular formula is C20H17NO. The number of hydrogen-bond donors (Lipinski definition) is 1. The number of hydrogen-bond acceptors (Lipinski definition) is 2. The first-order valence-electron chi connectivity index (χ1n) is 7.52. The van der Waals surface area contributed by atoms with Crippen LogP contribution in [0.3, 0.4) is 0 Å². The molecule has 0 amide bonds. The Balaban J connectivity index is 1.74. The highest BCUT2D eigenvalue weighted by Crippen LogP contribution is 2.30. The van der Waals surface area contributed by atoms with Gasteiger partial charge in [0, 0.05) is 16.8 Å². The molecule has 0 radical (unpaired) electrons. The van der Waals surface area contributed by atoms with E-state index in [1.807, 2.05) is 30.3 Å². The molecule has 1 atom stereocenters. The summed E-state index contributed by atoms with van der Waals surface area (Å²) >= 11 is 0. The molecule has 2 N–H and O–H groups in total. The monoisotopic (exact) mass is 287 g/mol. The van der Waals surface area contributed by atoms with Crippen molar-refractivity contribution < 1.29 is 4.42 Å². The lowest BCUT2D eigenvalue weighted by molar-refractivity contribution is 0.667. The van der Waals surface area contributed by atoms with E-state index in [-0.39, 0.29) is 6.04 Å². The van der Waals surface area contributed by atoms with Crippen LogP contribution in [0.15, 0.2) is 77.2 Å². The van der Waals surface area contributed by atoms with Crippen LogP contribution in [0.5, 0.6) is 0 Å². The molecule has 2 nitrogen and oxygen atoms in total. The lowest BCUT2D eigenvalue weighted by Crippen LogP contribution is -2.13. The molecule has 2 heteroatoms. The van der Waals surface area contributed by atoms with E-state index in [2.05, 4.69) is 42.5 Å². The number of furan rings is 1. The number of nitrogens with two attached hydrogens (primary N) is 1. The molecule has 0 bridgehead atoms. The van der Waals surface area contributed by atoms with Crippen LogP contribution in [0.25, 0.3) is 21.9 Å². The molecule has 108 valence electrons. The molecule has 1 aromatic heterocycles. The Hall–Kier alpha value is -2.58. The van der Waals surface area contributed by atoms with Gasteiger partial charge in [0.05, 0.1) is 0 Å². The molecule has 0 aliphatic carbocycles. The second-order valence-electron chi connectivity index (χ2n) is 5.65. The van der Waals surface area contributed by atoms with Crippen LogP contribution >= 0.6 is 0 Å². The number of rotatable bonds is 3. The van der Waals surface area contributed by atoms with E-state index in [9.17, 15) is 0 Å². The van der Waals surface area contributed by atoms with Gasteiger partial charge in [-0.25, -0.2) is 0 Å². The van der Waals surface area contributed by atoms with E-state index in [1.54, 1.807) is 0 Å². The van der Waals surface area contributed by atoms with Crippen molar-refractivity contribution in [3.05, 3.63) is 83.9 Å². The van der Waals surface area contributed by atoms with Crippen LogP contribution in [0, 0.1) is 0 Å². The molecule has 0 spiro atoms. The van der Waals surface area contributed by atoms with E-state index in [4.69, 9.17) is 10.2 Å². The SMILES string of the molecule is N[C@H](Cc1ccccc1)c1ccc2oc3ccccc3c2c1. The fourth-order valence-electron chi connectivity index (χ4n) is 2.96. The normalized spacial score (nSPS) is 12.8. The average molecular weight is 287 g/mol. The molecule has 1 heterocycles. The minimum absolute atomic E-state index is 0.0135. The lowest BCUT2D eigenvalue weighted by atomic mass is 9.98. The zero-order valence-corrected chi connectivity index (χ0v) is 12.2. The molecule has 0 saturated carbocycles. The second kappa shape index (κ2) is 5.32. The first-order valence-corrected chi connectivity index (χ1v) is 7.52. The highest BCUT2D eigenvalue weighted by atomic mass is 16.3. The first kappa shape index (κ1) is 13.1. The van der Waals surface area contributed by atoms with Gasteiger partial charge >= 0.3 is 0 Å². The Morgan fingerprint density at radius 2 is 1.50 bits per heavy atom. The smallest absolute Gasteiger partial charge is 0.135 e. The Bertz CT molecular complexity index is 924. The van der Waals surface area contributed by atoms with Gasteiger partial charge in [-0.2, -0.15) is 0 Å². The predicted octanol–water partition coefficient (Wildman–Crippen LogP) is 4.83. The minimum atomic E-state index is -0.0135. The van der Waals surface area contributed by atoms with Crippen molar-refractivity contribution in [2.24, 2.45) is 5.73 Å². The van der Waals surface area contributed by atoms with Crippen molar-refractivity contribution >= 4 is 21.9 Å². The van der Waals surface area contributed by atoms with Gasteiger partial charge in [0.25, 0.3) is 0 Å². The third-order valence-electron chi connectivity index (χ3n) is 4.13. The van der Waals surface area contributed by atoms with Gasteiger partial charge < -0.3 is 10.2 Å². The van der Waals surface area contributed by atoms with Crippen LogP contribution in [0.4, 0.5) is 0 Å². The van der Waals surface area contributed by atoms with Crippen LogP contribution in [-0.4, -0.2) is 0 Å². The van der Waals surface area contributed by atoms with Crippen molar-refractivity contribution in [2.75, 3.05) is 0 Å². The van der Waals surface area contributed by atoms with Crippen molar-refractivity contribution in [1.29, 1.82) is 0 Å². The fourth-order valence-corrected chi connectivity index (χ4v) is 2.96. The van der Waals surface area contributed by atoms with E-state index < -0.39 is 0 Å². The molecular weight excluding hydrogens is 270 g/mol. The maximum absolute atomic E-state index is 6.40. The van der Waals surface area contributed by atoms with E-state index >= 15 is 0 Å². The Kier molecular flexibility index (Phi) is 3.17. The largest absolute Gasteiger partial charge is 0.456 e. The Morgan fingerprint density at radius 1 is 0.773 bits per heavy atom. The van der Waals surface area contributed by atoms with Gasteiger partial charge in [-0.05, 0) is 35.7 Å². The number of para-hydroxylation sites is 1. The fraction of sp³-hybridized carbons (Fsp3) is 0.100. The molecule has 4 rings (SSSR count). The molecule has 0 saturated heterocycles. The lowest BCUT2D eigenvalue weighted by Gasteiger charge is -2.12. The average Bonchev–Trinajstić information content (AvgIpc) is 2.93. The number of fused-ring (bicyclic) bond motifs is 3. The molecule has 22 heavy (non-hydrogen) atoms. The second-order valence-corrected chi connectivity index (χ2v) is 5.65. The van der Waals surface area contributed by atoms with Gasteiger partial charge in [-0.15, -0.1) is 0 Å². The molecule has 0 aliphatic rings. The highest BCUT2D eigenvalue weighted by molar-refractivity contribution is 6.05. The molecule has 0 unspecified atom stereocenters. The molecule has 0 aliphatic heterocycles. The van der Waals surface area contributed by atoms with Gasteiger partial charge in [0.1, 0.15) is 11.2 Å².